The van der Waals surface area contributed by atoms with E-state index >= 15 is 0 Å². The molecule has 0 radical (unpaired) electrons. The van der Waals surface area contributed by atoms with E-state index in [2.05, 4.69) is 14.8 Å². The maximum Gasteiger partial charge on any atom is 0.349 e. The van der Waals surface area contributed by atoms with Crippen LogP contribution in [0.4, 0.5) is 0 Å². The number of fused-ring (bicyclic) bond motifs is 1. The number of H-pyrrole nitrogens is 1. The molecule has 0 saturated carbocycles. The molecule has 1 heterocycles. The van der Waals surface area contributed by atoms with Crippen molar-refractivity contribution in [1.82, 2.24) is 9.66 Å². The van der Waals surface area contributed by atoms with Crippen LogP contribution in [0.1, 0.15) is 12.5 Å². The normalized spacial score (nSPS) is 11.0. The maximum absolute atomic E-state index is 12.5. The van der Waals surface area contributed by atoms with Crippen molar-refractivity contribution in [3.63, 3.8) is 0 Å². The average Bonchev–Trinajstić information content (AvgIpc) is 2.73. The number of aromatic amines is 1. The summed E-state index contributed by atoms with van der Waals surface area (Å²) >= 11 is 0. The number of benzene rings is 2. The van der Waals surface area contributed by atoms with Gasteiger partial charge in [0.1, 0.15) is 0 Å². The lowest BCUT2D eigenvalue weighted by atomic mass is 10.2. The molecule has 29 heavy (non-hydrogen) atoms. The molecule has 0 amide bonds. The smallest absolute Gasteiger partial charge is 0.349 e. The molecule has 1 aromatic heterocycles. The molecule has 9 nitrogen and oxygen atoms in total. The van der Waals surface area contributed by atoms with E-state index in [1.165, 1.54) is 13.3 Å². The van der Waals surface area contributed by atoms with Gasteiger partial charge in [0, 0.05) is 0 Å². The number of carbonyl (C=O) groups is 1. The molecule has 3 rings (SSSR count). The topological polar surface area (TPSA) is 112 Å². The number of nitrogens with zero attached hydrogens (tertiary/aromatic N) is 2. The molecule has 9 heteroatoms. The van der Waals surface area contributed by atoms with Crippen molar-refractivity contribution >= 4 is 23.1 Å². The summed E-state index contributed by atoms with van der Waals surface area (Å²) in [5.41, 5.74) is -0.158. The molecule has 1 N–H and O–H groups in total. The lowest BCUT2D eigenvalue weighted by Gasteiger charge is -2.11. The van der Waals surface area contributed by atoms with Gasteiger partial charge in [0.2, 0.25) is 0 Å². The van der Waals surface area contributed by atoms with Gasteiger partial charge in [-0.05, 0) is 42.8 Å². The first-order valence-electron chi connectivity index (χ1n) is 8.78. The Morgan fingerprint density at radius 2 is 1.93 bits per heavy atom. The molecule has 3 aromatic rings. The van der Waals surface area contributed by atoms with Gasteiger partial charge in [0.25, 0.3) is 5.56 Å². The van der Waals surface area contributed by atoms with E-state index in [0.717, 1.165) is 4.68 Å². The van der Waals surface area contributed by atoms with Gasteiger partial charge in [0.05, 0.1) is 30.8 Å². The van der Waals surface area contributed by atoms with E-state index in [-0.39, 0.29) is 6.61 Å². The molecular formula is C20H19N3O6. The van der Waals surface area contributed by atoms with Gasteiger partial charge in [-0.2, -0.15) is 5.10 Å². The van der Waals surface area contributed by atoms with Crippen LogP contribution in [0.25, 0.3) is 10.9 Å². The number of nitrogens with one attached hydrogen (secondary N) is 1. The summed E-state index contributed by atoms with van der Waals surface area (Å²) in [6.45, 7) is 1.92. The van der Waals surface area contributed by atoms with Crippen molar-refractivity contribution in [2.45, 2.75) is 6.92 Å². The number of hydrogen-bond donors (Lipinski definition) is 1. The zero-order chi connectivity index (χ0) is 20.8. The van der Waals surface area contributed by atoms with Crippen molar-refractivity contribution in [2.75, 3.05) is 20.3 Å². The Morgan fingerprint density at radius 1 is 1.14 bits per heavy atom. The van der Waals surface area contributed by atoms with Gasteiger partial charge in [-0.15, -0.1) is 4.68 Å². The van der Waals surface area contributed by atoms with Crippen LogP contribution in [0.3, 0.4) is 0 Å². The molecule has 0 aliphatic carbocycles. The van der Waals surface area contributed by atoms with Gasteiger partial charge < -0.3 is 19.2 Å². The number of aromatic nitrogens is 2. The van der Waals surface area contributed by atoms with Crippen LogP contribution in [-0.2, 0) is 9.53 Å². The summed E-state index contributed by atoms with van der Waals surface area (Å²) in [4.78, 5) is 38.6. The van der Waals surface area contributed by atoms with E-state index in [4.69, 9.17) is 9.47 Å². The number of carbonyl (C=O) groups excluding carboxylic acids is 1. The molecule has 0 aliphatic heterocycles. The highest BCUT2D eigenvalue weighted by Crippen LogP contribution is 2.28. The second-order valence-electron chi connectivity index (χ2n) is 5.84. The summed E-state index contributed by atoms with van der Waals surface area (Å²) in [5, 5.41) is 4.36. The molecule has 150 valence electrons. The minimum Gasteiger partial charge on any atom is -0.490 e. The van der Waals surface area contributed by atoms with Crippen molar-refractivity contribution in [3.8, 4) is 11.5 Å². The van der Waals surface area contributed by atoms with Crippen LogP contribution in [0.15, 0.2) is 57.2 Å². The first-order valence-corrected chi connectivity index (χ1v) is 8.78. The Kier molecular flexibility index (Phi) is 6.08. The third-order valence-corrected chi connectivity index (χ3v) is 3.95. The van der Waals surface area contributed by atoms with Gasteiger partial charge in [-0.3, -0.25) is 4.79 Å². The van der Waals surface area contributed by atoms with Crippen molar-refractivity contribution < 1.29 is 19.0 Å². The summed E-state index contributed by atoms with van der Waals surface area (Å²) in [7, 11) is 1.27. The van der Waals surface area contributed by atoms with Gasteiger partial charge in [-0.1, -0.05) is 12.1 Å². The first-order chi connectivity index (χ1) is 14.0. The molecule has 0 fully saturated rings. The Bertz CT molecular complexity index is 1180. The molecule has 0 unspecified atom stereocenters. The van der Waals surface area contributed by atoms with Gasteiger partial charge in [-0.25, -0.2) is 9.59 Å². The monoisotopic (exact) mass is 397 g/mol. The van der Waals surface area contributed by atoms with E-state index in [9.17, 15) is 14.4 Å². The third kappa shape index (κ3) is 4.52. The molecule has 2 aromatic carbocycles. The highest BCUT2D eigenvalue weighted by Gasteiger charge is 2.10. The Hall–Kier alpha value is -3.88. The Labute approximate surface area is 165 Å². The number of esters is 1. The van der Waals surface area contributed by atoms with Crippen molar-refractivity contribution in [1.29, 1.82) is 0 Å². The van der Waals surface area contributed by atoms with Crippen LogP contribution in [0.2, 0.25) is 0 Å². The fourth-order valence-corrected chi connectivity index (χ4v) is 2.57. The fourth-order valence-electron chi connectivity index (χ4n) is 2.57. The van der Waals surface area contributed by atoms with E-state index < -0.39 is 17.2 Å². The number of ether oxygens (including phenoxy) is 3. The molecule has 0 saturated heterocycles. The van der Waals surface area contributed by atoms with Crippen LogP contribution < -0.4 is 20.7 Å². The summed E-state index contributed by atoms with van der Waals surface area (Å²) in [6, 6.07) is 11.6. The zero-order valence-corrected chi connectivity index (χ0v) is 15.9. The largest absolute Gasteiger partial charge is 0.490 e. The summed E-state index contributed by atoms with van der Waals surface area (Å²) in [6.07, 6.45) is 1.36. The summed E-state index contributed by atoms with van der Waals surface area (Å²) in [5.74, 6) is 0.225. The minimum absolute atomic E-state index is 0.258. The predicted octanol–water partition coefficient (Wildman–Crippen LogP) is 1.52. The lowest BCUT2D eigenvalue weighted by molar-refractivity contribution is -0.142. The minimum atomic E-state index is -0.645. The molecule has 0 atom stereocenters. The number of rotatable bonds is 7. The van der Waals surface area contributed by atoms with Gasteiger partial charge >= 0.3 is 11.7 Å². The highest BCUT2D eigenvalue weighted by molar-refractivity contribution is 5.81. The third-order valence-electron chi connectivity index (χ3n) is 3.95. The number of para-hydroxylation sites is 1. The quantitative estimate of drug-likeness (QED) is 0.478. The van der Waals surface area contributed by atoms with Crippen LogP contribution in [0.5, 0.6) is 11.5 Å². The predicted molar refractivity (Wildman–Crippen MR) is 107 cm³/mol. The average molecular weight is 397 g/mol. The first kappa shape index (κ1) is 19.9. The summed E-state index contributed by atoms with van der Waals surface area (Å²) < 4.78 is 16.2. The van der Waals surface area contributed by atoms with E-state index in [1.54, 1.807) is 49.4 Å². The van der Waals surface area contributed by atoms with Crippen molar-refractivity contribution in [2.24, 2.45) is 5.10 Å². The zero-order valence-electron chi connectivity index (χ0n) is 15.9. The number of hydrogen-bond acceptors (Lipinski definition) is 7. The Morgan fingerprint density at radius 3 is 2.69 bits per heavy atom. The second-order valence-corrected chi connectivity index (χ2v) is 5.84. The van der Waals surface area contributed by atoms with Gasteiger partial charge in [0.15, 0.2) is 18.1 Å². The molecular weight excluding hydrogens is 378 g/mol. The standard InChI is InChI=1S/C20H19N3O6/c1-3-28-17-10-13(8-9-16(17)29-12-18(24)27-2)11-21-23-19(25)14-6-4-5-7-15(14)22-20(23)26/h4-11H,3,12H2,1-2H3,(H,22,26). The van der Waals surface area contributed by atoms with E-state index in [0.29, 0.717) is 34.6 Å². The second kappa shape index (κ2) is 8.87. The lowest BCUT2D eigenvalue weighted by Crippen LogP contribution is -2.32. The molecule has 0 spiro atoms. The fraction of sp³-hybridized carbons (Fsp3) is 0.200. The van der Waals surface area contributed by atoms with E-state index in [1.807, 2.05) is 0 Å². The maximum atomic E-state index is 12.5. The van der Waals surface area contributed by atoms with Crippen molar-refractivity contribution in [3.05, 3.63) is 68.9 Å². The number of methoxy groups -OCH3 is 1. The van der Waals surface area contributed by atoms with Crippen LogP contribution >= 0.6 is 0 Å². The SMILES string of the molecule is CCOc1cc(C=Nn2c(=O)[nH]c3ccccc3c2=O)ccc1OCC(=O)OC. The van der Waals surface area contributed by atoms with Crippen LogP contribution in [0, 0.1) is 0 Å². The Balaban J connectivity index is 1.92. The highest BCUT2D eigenvalue weighted by atomic mass is 16.6. The molecule has 0 aliphatic rings. The van der Waals surface area contributed by atoms with Crippen LogP contribution in [-0.4, -0.2) is 42.2 Å². The molecule has 0 bridgehead atoms.